The van der Waals surface area contributed by atoms with Crippen molar-refractivity contribution >= 4 is 23.7 Å². The van der Waals surface area contributed by atoms with E-state index in [1.54, 1.807) is 43.5 Å². The van der Waals surface area contributed by atoms with Crippen LogP contribution in [0.25, 0.3) is 0 Å². The number of hydrogen-bond donors (Lipinski definition) is 2. The van der Waals surface area contributed by atoms with E-state index in [0.717, 1.165) is 49.6 Å². The highest BCUT2D eigenvalue weighted by atomic mass is 16.5. The van der Waals surface area contributed by atoms with E-state index in [4.69, 9.17) is 9.47 Å². The van der Waals surface area contributed by atoms with Crippen LogP contribution in [0.1, 0.15) is 45.7 Å². The van der Waals surface area contributed by atoms with Gasteiger partial charge in [-0.15, -0.1) is 0 Å². The van der Waals surface area contributed by atoms with Gasteiger partial charge in [0.15, 0.2) is 0 Å². The maximum atomic E-state index is 13.2. The van der Waals surface area contributed by atoms with Gasteiger partial charge in [-0.1, -0.05) is 26.0 Å². The Labute approximate surface area is 236 Å². The summed E-state index contributed by atoms with van der Waals surface area (Å²) in [5.41, 5.74) is 5.44. The van der Waals surface area contributed by atoms with Gasteiger partial charge in [0.1, 0.15) is 11.5 Å². The van der Waals surface area contributed by atoms with Crippen molar-refractivity contribution in [2.45, 2.75) is 20.4 Å². The second-order valence-corrected chi connectivity index (χ2v) is 9.30. The molecule has 9 heteroatoms. The normalized spacial score (nSPS) is 11.2. The molecule has 0 atom stereocenters. The standard InChI is InChI=1S/C31H39N5O4/c1-6-36(7-2)18-17-35(3)22-24-9-8-10-25(19-24)30(37)33-29-16-15-27(40-5)20-28(29)31(38)34-32-21-23-11-13-26(39-4)14-12-23/h8-16,19-21H,6-7,17-18,22H2,1-5H3,(H,33,37)(H,34,38). The van der Waals surface area contributed by atoms with E-state index in [9.17, 15) is 9.59 Å². The van der Waals surface area contributed by atoms with Crippen LogP contribution in [0.5, 0.6) is 11.5 Å². The Kier molecular flexibility index (Phi) is 11.7. The van der Waals surface area contributed by atoms with Gasteiger partial charge in [0.2, 0.25) is 0 Å². The molecular formula is C31H39N5O4. The second kappa shape index (κ2) is 15.4. The van der Waals surface area contributed by atoms with Crippen molar-refractivity contribution in [3.8, 4) is 11.5 Å². The molecule has 9 nitrogen and oxygen atoms in total. The molecular weight excluding hydrogens is 506 g/mol. The Bertz CT molecular complexity index is 1290. The molecule has 0 heterocycles. The highest BCUT2D eigenvalue weighted by Crippen LogP contribution is 2.23. The Balaban J connectivity index is 1.69. The van der Waals surface area contributed by atoms with Gasteiger partial charge in [0, 0.05) is 25.2 Å². The third-order valence-corrected chi connectivity index (χ3v) is 6.55. The van der Waals surface area contributed by atoms with E-state index >= 15 is 0 Å². The molecule has 0 aliphatic heterocycles. The zero-order valence-electron chi connectivity index (χ0n) is 23.9. The molecule has 0 unspecified atom stereocenters. The first-order chi connectivity index (χ1) is 19.4. The molecule has 0 saturated heterocycles. The largest absolute Gasteiger partial charge is 0.497 e. The number of methoxy groups -OCH3 is 2. The molecule has 0 spiro atoms. The number of hydrogen-bond acceptors (Lipinski definition) is 7. The van der Waals surface area contributed by atoms with Crippen molar-refractivity contribution in [2.75, 3.05) is 52.8 Å². The van der Waals surface area contributed by atoms with Crippen LogP contribution in [-0.4, -0.2) is 75.3 Å². The first-order valence-corrected chi connectivity index (χ1v) is 13.3. The number of carbonyl (C=O) groups is 2. The Morgan fingerprint density at radius 1 is 0.875 bits per heavy atom. The molecule has 2 N–H and O–H groups in total. The summed E-state index contributed by atoms with van der Waals surface area (Å²) in [6.45, 7) is 9.05. The van der Waals surface area contributed by atoms with Crippen LogP contribution in [0, 0.1) is 0 Å². The van der Waals surface area contributed by atoms with Crippen LogP contribution < -0.4 is 20.2 Å². The summed E-state index contributed by atoms with van der Waals surface area (Å²) in [4.78, 5) is 30.8. The first kappa shape index (κ1) is 30.3. The fraction of sp³-hybridized carbons (Fsp3) is 0.323. The number of likely N-dealkylation sites (N-methyl/N-ethyl adjacent to an activating group) is 2. The number of nitrogens with zero attached hydrogens (tertiary/aromatic N) is 3. The van der Waals surface area contributed by atoms with Crippen LogP contribution >= 0.6 is 0 Å². The van der Waals surface area contributed by atoms with Crippen LogP contribution in [0.2, 0.25) is 0 Å². The molecule has 2 amide bonds. The molecule has 3 rings (SSSR count). The van der Waals surface area contributed by atoms with E-state index < -0.39 is 5.91 Å². The summed E-state index contributed by atoms with van der Waals surface area (Å²) < 4.78 is 10.4. The molecule has 0 aromatic heterocycles. The first-order valence-electron chi connectivity index (χ1n) is 13.3. The van der Waals surface area contributed by atoms with E-state index in [2.05, 4.69) is 46.5 Å². The summed E-state index contributed by atoms with van der Waals surface area (Å²) in [5, 5.41) is 6.93. The maximum Gasteiger partial charge on any atom is 0.273 e. The lowest BCUT2D eigenvalue weighted by Crippen LogP contribution is -2.32. The monoisotopic (exact) mass is 545 g/mol. The SMILES string of the molecule is CCN(CC)CCN(C)Cc1cccc(C(=O)Nc2ccc(OC)cc2C(=O)NN=Cc2ccc(OC)cc2)c1. The topological polar surface area (TPSA) is 95.5 Å². The minimum atomic E-state index is -0.484. The predicted molar refractivity (Wildman–Crippen MR) is 160 cm³/mol. The molecule has 3 aromatic rings. The van der Waals surface area contributed by atoms with Crippen molar-refractivity contribution < 1.29 is 19.1 Å². The van der Waals surface area contributed by atoms with E-state index in [1.165, 1.54) is 13.3 Å². The highest BCUT2D eigenvalue weighted by molar-refractivity contribution is 6.09. The quantitative estimate of drug-likeness (QED) is 0.229. The molecule has 0 aliphatic carbocycles. The van der Waals surface area contributed by atoms with Gasteiger partial charge in [0.05, 0.1) is 31.7 Å². The zero-order valence-corrected chi connectivity index (χ0v) is 23.9. The molecule has 0 bridgehead atoms. The molecule has 40 heavy (non-hydrogen) atoms. The lowest BCUT2D eigenvalue weighted by atomic mass is 10.1. The van der Waals surface area contributed by atoms with Crippen molar-refractivity contribution in [3.05, 3.63) is 89.0 Å². The lowest BCUT2D eigenvalue weighted by molar-refractivity contribution is 0.0955. The van der Waals surface area contributed by atoms with Crippen LogP contribution in [0.4, 0.5) is 5.69 Å². The predicted octanol–water partition coefficient (Wildman–Crippen LogP) is 4.49. The number of carbonyl (C=O) groups excluding carboxylic acids is 2. The Hall–Kier alpha value is -4.21. The summed E-state index contributed by atoms with van der Waals surface area (Å²) in [6.07, 6.45) is 1.53. The lowest BCUT2D eigenvalue weighted by Gasteiger charge is -2.23. The highest BCUT2D eigenvalue weighted by Gasteiger charge is 2.16. The van der Waals surface area contributed by atoms with Crippen LogP contribution in [-0.2, 0) is 6.54 Å². The number of anilines is 1. The maximum absolute atomic E-state index is 13.2. The summed E-state index contributed by atoms with van der Waals surface area (Å²) >= 11 is 0. The zero-order chi connectivity index (χ0) is 28.9. The molecule has 0 aliphatic rings. The number of nitrogens with one attached hydrogen (secondary N) is 2. The third-order valence-electron chi connectivity index (χ3n) is 6.55. The van der Waals surface area contributed by atoms with Crippen molar-refractivity contribution in [1.82, 2.24) is 15.2 Å². The summed E-state index contributed by atoms with van der Waals surface area (Å²) in [7, 11) is 5.19. The second-order valence-electron chi connectivity index (χ2n) is 9.30. The van der Waals surface area contributed by atoms with Crippen molar-refractivity contribution in [2.24, 2.45) is 5.10 Å². The Morgan fingerprint density at radius 3 is 2.25 bits per heavy atom. The van der Waals surface area contributed by atoms with Gasteiger partial charge < -0.3 is 24.6 Å². The van der Waals surface area contributed by atoms with E-state index in [1.807, 2.05) is 30.3 Å². The fourth-order valence-electron chi connectivity index (χ4n) is 4.11. The number of amides is 2. The van der Waals surface area contributed by atoms with Crippen molar-refractivity contribution in [3.63, 3.8) is 0 Å². The van der Waals surface area contributed by atoms with Crippen molar-refractivity contribution in [1.29, 1.82) is 0 Å². The van der Waals surface area contributed by atoms with Gasteiger partial charge in [-0.2, -0.15) is 5.10 Å². The third kappa shape index (κ3) is 8.93. The average molecular weight is 546 g/mol. The van der Waals surface area contributed by atoms with E-state index in [0.29, 0.717) is 17.0 Å². The molecule has 0 saturated carbocycles. The molecule has 3 aromatic carbocycles. The van der Waals surface area contributed by atoms with Gasteiger partial charge in [0.25, 0.3) is 11.8 Å². The Morgan fingerprint density at radius 2 is 1.57 bits per heavy atom. The summed E-state index contributed by atoms with van der Waals surface area (Å²) in [6, 6.07) is 19.7. The van der Waals surface area contributed by atoms with E-state index in [-0.39, 0.29) is 11.5 Å². The van der Waals surface area contributed by atoms with Crippen LogP contribution in [0.3, 0.4) is 0 Å². The molecule has 0 radical (unpaired) electrons. The number of ether oxygens (including phenoxy) is 2. The van der Waals surface area contributed by atoms with Gasteiger partial charge in [-0.25, -0.2) is 5.43 Å². The smallest absolute Gasteiger partial charge is 0.273 e. The average Bonchev–Trinajstić information content (AvgIpc) is 2.98. The minimum absolute atomic E-state index is 0.229. The summed E-state index contributed by atoms with van der Waals surface area (Å²) in [5.74, 6) is 0.416. The number of hydrazone groups is 1. The minimum Gasteiger partial charge on any atom is -0.497 e. The van der Waals surface area contributed by atoms with Gasteiger partial charge in [-0.05, 0) is 85.9 Å². The van der Waals surface area contributed by atoms with Gasteiger partial charge in [-0.3, -0.25) is 9.59 Å². The molecule has 212 valence electrons. The number of rotatable bonds is 14. The fourth-order valence-corrected chi connectivity index (χ4v) is 4.11. The molecule has 0 fully saturated rings. The van der Waals surface area contributed by atoms with Crippen LogP contribution in [0.15, 0.2) is 71.8 Å². The van der Waals surface area contributed by atoms with Gasteiger partial charge >= 0.3 is 0 Å². The number of benzene rings is 3.